The van der Waals surface area contributed by atoms with Crippen LogP contribution in [0.5, 0.6) is 0 Å². The highest BCUT2D eigenvalue weighted by atomic mass is 32.2. The van der Waals surface area contributed by atoms with Gasteiger partial charge in [0, 0.05) is 6.54 Å². The molecule has 1 N–H and O–H groups in total. The molecule has 0 radical (unpaired) electrons. The van der Waals surface area contributed by atoms with E-state index in [2.05, 4.69) is 39.3 Å². The van der Waals surface area contributed by atoms with Gasteiger partial charge in [-0.15, -0.1) is 0 Å². The molecule has 0 unspecified atom stereocenters. The van der Waals surface area contributed by atoms with Crippen molar-refractivity contribution in [3.05, 3.63) is 30.3 Å². The second kappa shape index (κ2) is 5.63. The predicted molar refractivity (Wildman–Crippen MR) is 79.5 cm³/mol. The first kappa shape index (κ1) is 16.2. The number of sulfonamides is 1. The summed E-state index contributed by atoms with van der Waals surface area (Å²) in [7, 11) is -3.40. The number of benzene rings is 1. The third-order valence-electron chi connectivity index (χ3n) is 2.80. The summed E-state index contributed by atoms with van der Waals surface area (Å²) < 4.78 is 27.0. The molecule has 4 heteroatoms. The first-order chi connectivity index (χ1) is 8.52. The molecule has 0 atom stereocenters. The van der Waals surface area contributed by atoms with Crippen LogP contribution in [-0.2, 0) is 10.0 Å². The van der Waals surface area contributed by atoms with Gasteiger partial charge < -0.3 is 0 Å². The molecular weight excluding hydrogens is 258 g/mol. The fraction of sp³-hybridized carbons (Fsp3) is 0.600. The van der Waals surface area contributed by atoms with Crippen LogP contribution in [0, 0.1) is 10.8 Å². The average Bonchev–Trinajstić information content (AvgIpc) is 2.25. The molecule has 0 saturated carbocycles. The fourth-order valence-electron chi connectivity index (χ4n) is 2.47. The average molecular weight is 283 g/mol. The zero-order valence-electron chi connectivity index (χ0n) is 12.5. The first-order valence-corrected chi connectivity index (χ1v) is 8.05. The van der Waals surface area contributed by atoms with Crippen LogP contribution >= 0.6 is 0 Å². The summed E-state index contributed by atoms with van der Waals surface area (Å²) in [5, 5.41) is 0. The van der Waals surface area contributed by atoms with Crippen molar-refractivity contribution in [3.63, 3.8) is 0 Å². The molecule has 0 saturated heterocycles. The summed E-state index contributed by atoms with van der Waals surface area (Å²) in [4.78, 5) is 0.321. The molecule has 19 heavy (non-hydrogen) atoms. The maximum absolute atomic E-state index is 12.1. The fourth-order valence-corrected chi connectivity index (χ4v) is 3.73. The minimum atomic E-state index is -3.40. The molecular formula is C15H25NO2S. The van der Waals surface area contributed by atoms with Gasteiger partial charge in [0.25, 0.3) is 0 Å². The number of rotatable bonds is 5. The van der Waals surface area contributed by atoms with Crippen LogP contribution in [0.15, 0.2) is 35.2 Å². The Balaban J connectivity index is 2.71. The predicted octanol–water partition coefficient (Wildman–Crippen LogP) is 3.43. The van der Waals surface area contributed by atoms with Crippen molar-refractivity contribution >= 4 is 10.0 Å². The number of hydrogen-bond donors (Lipinski definition) is 1. The number of hydrogen-bond acceptors (Lipinski definition) is 2. The van der Waals surface area contributed by atoms with Crippen LogP contribution in [0.3, 0.4) is 0 Å². The Morgan fingerprint density at radius 3 is 2.00 bits per heavy atom. The van der Waals surface area contributed by atoms with Gasteiger partial charge in [-0.3, -0.25) is 0 Å². The Morgan fingerprint density at radius 2 is 1.53 bits per heavy atom. The molecule has 0 fully saturated rings. The van der Waals surface area contributed by atoms with Crippen LogP contribution in [0.1, 0.15) is 41.0 Å². The van der Waals surface area contributed by atoms with Crippen LogP contribution in [0.25, 0.3) is 0 Å². The van der Waals surface area contributed by atoms with Crippen molar-refractivity contribution in [2.75, 3.05) is 6.54 Å². The molecule has 0 bridgehead atoms. The largest absolute Gasteiger partial charge is 0.240 e. The molecule has 1 aromatic carbocycles. The topological polar surface area (TPSA) is 46.2 Å². The van der Waals surface area contributed by atoms with E-state index in [-0.39, 0.29) is 10.8 Å². The van der Waals surface area contributed by atoms with Crippen molar-refractivity contribution in [2.24, 2.45) is 10.8 Å². The smallest absolute Gasteiger partial charge is 0.211 e. The summed E-state index contributed by atoms with van der Waals surface area (Å²) in [6, 6.07) is 8.49. The van der Waals surface area contributed by atoms with Crippen molar-refractivity contribution in [3.8, 4) is 0 Å². The monoisotopic (exact) mass is 283 g/mol. The lowest BCUT2D eigenvalue weighted by molar-refractivity contribution is 0.214. The van der Waals surface area contributed by atoms with E-state index in [1.54, 1.807) is 24.3 Å². The van der Waals surface area contributed by atoms with E-state index in [9.17, 15) is 8.42 Å². The Hall–Kier alpha value is -0.870. The van der Waals surface area contributed by atoms with Crippen molar-refractivity contribution in [1.29, 1.82) is 0 Å². The van der Waals surface area contributed by atoms with Gasteiger partial charge in [-0.2, -0.15) is 0 Å². The summed E-state index contributed by atoms with van der Waals surface area (Å²) in [6.45, 7) is 11.1. The second-order valence-electron chi connectivity index (χ2n) is 7.04. The molecule has 0 heterocycles. The van der Waals surface area contributed by atoms with Crippen LogP contribution in [-0.4, -0.2) is 15.0 Å². The maximum atomic E-state index is 12.1. The molecule has 0 aliphatic rings. The quantitative estimate of drug-likeness (QED) is 0.900. The van der Waals surface area contributed by atoms with Gasteiger partial charge >= 0.3 is 0 Å². The lowest BCUT2D eigenvalue weighted by atomic mass is 9.76. The van der Waals surface area contributed by atoms with Crippen molar-refractivity contribution < 1.29 is 8.42 Å². The van der Waals surface area contributed by atoms with Crippen LogP contribution < -0.4 is 4.72 Å². The third kappa shape index (κ3) is 5.74. The van der Waals surface area contributed by atoms with Gasteiger partial charge in [0.05, 0.1) is 4.90 Å². The van der Waals surface area contributed by atoms with Gasteiger partial charge in [-0.25, -0.2) is 13.1 Å². The highest BCUT2D eigenvalue weighted by molar-refractivity contribution is 7.89. The summed E-state index contributed by atoms with van der Waals surface area (Å²) in [6.07, 6.45) is 0.956. The van der Waals surface area contributed by atoms with Crippen LogP contribution in [0.4, 0.5) is 0 Å². The minimum absolute atomic E-state index is 0.0693. The molecule has 3 nitrogen and oxygen atoms in total. The lowest BCUT2D eigenvalue weighted by Gasteiger charge is -2.32. The highest BCUT2D eigenvalue weighted by Gasteiger charge is 2.27. The Bertz CT molecular complexity index is 499. The van der Waals surface area contributed by atoms with Crippen molar-refractivity contribution in [2.45, 2.75) is 45.9 Å². The van der Waals surface area contributed by atoms with Crippen LogP contribution in [0.2, 0.25) is 0 Å². The summed E-state index contributed by atoms with van der Waals surface area (Å²) >= 11 is 0. The highest BCUT2D eigenvalue weighted by Crippen LogP contribution is 2.32. The van der Waals surface area contributed by atoms with E-state index in [4.69, 9.17) is 0 Å². The van der Waals surface area contributed by atoms with E-state index < -0.39 is 10.0 Å². The minimum Gasteiger partial charge on any atom is -0.211 e. The maximum Gasteiger partial charge on any atom is 0.240 e. The first-order valence-electron chi connectivity index (χ1n) is 6.57. The van der Waals surface area contributed by atoms with E-state index in [0.717, 1.165) is 6.42 Å². The normalized spacial score (nSPS) is 13.5. The molecule has 0 aromatic heterocycles. The molecule has 1 rings (SSSR count). The Labute approximate surface area is 117 Å². The third-order valence-corrected chi connectivity index (χ3v) is 4.22. The van der Waals surface area contributed by atoms with Gasteiger partial charge in [0.1, 0.15) is 0 Å². The second-order valence-corrected chi connectivity index (χ2v) is 8.81. The number of nitrogens with one attached hydrogen (secondary N) is 1. The van der Waals surface area contributed by atoms with Gasteiger partial charge in [0.15, 0.2) is 0 Å². The molecule has 0 aliphatic heterocycles. The van der Waals surface area contributed by atoms with Gasteiger partial charge in [-0.05, 0) is 29.4 Å². The molecule has 0 aliphatic carbocycles. The molecule has 1 aromatic rings. The summed E-state index contributed by atoms with van der Waals surface area (Å²) in [5.41, 5.74) is 0.113. The van der Waals surface area contributed by atoms with E-state index in [1.165, 1.54) is 0 Å². The molecule has 0 amide bonds. The van der Waals surface area contributed by atoms with E-state index in [0.29, 0.717) is 11.4 Å². The molecule has 108 valence electrons. The zero-order valence-corrected chi connectivity index (χ0v) is 13.3. The zero-order chi connectivity index (χ0) is 14.7. The van der Waals surface area contributed by atoms with Gasteiger partial charge in [0.2, 0.25) is 10.0 Å². The van der Waals surface area contributed by atoms with E-state index >= 15 is 0 Å². The Kier molecular flexibility index (Phi) is 4.80. The summed E-state index contributed by atoms with van der Waals surface area (Å²) in [5.74, 6) is 0. The standard InChI is InChI=1S/C15H25NO2S/c1-14(2,3)11-15(4,5)12-16-19(17,18)13-9-7-6-8-10-13/h6-10,16H,11-12H2,1-5H3. The molecule has 0 spiro atoms. The Morgan fingerprint density at radius 1 is 1.00 bits per heavy atom. The van der Waals surface area contributed by atoms with Gasteiger partial charge in [-0.1, -0.05) is 52.8 Å². The SMILES string of the molecule is CC(C)(C)CC(C)(C)CNS(=O)(=O)c1ccccc1. The lowest BCUT2D eigenvalue weighted by Crippen LogP contribution is -2.36. The van der Waals surface area contributed by atoms with Crippen molar-refractivity contribution in [1.82, 2.24) is 4.72 Å². The van der Waals surface area contributed by atoms with E-state index in [1.807, 2.05) is 6.07 Å².